The van der Waals surface area contributed by atoms with Crippen molar-refractivity contribution >= 4 is 43.2 Å². The van der Waals surface area contributed by atoms with Gasteiger partial charge in [-0.1, -0.05) is 63.1 Å². The molecule has 0 nitrogen and oxygen atoms in total. The monoisotopic (exact) mass is 254 g/mol. The molecule has 0 unspecified atom stereocenters. The van der Waals surface area contributed by atoms with Gasteiger partial charge in [0.2, 0.25) is 0 Å². The van der Waals surface area contributed by atoms with Crippen LogP contribution >= 0.6 is 43.2 Å². The summed E-state index contributed by atoms with van der Waals surface area (Å²) in [7, 11) is 7.68. The van der Waals surface area contributed by atoms with Crippen LogP contribution in [0.3, 0.4) is 0 Å². The highest BCUT2D eigenvalue weighted by Gasteiger charge is 1.86. The molecule has 78 valence electrons. The Morgan fingerprint density at radius 3 is 2.00 bits per heavy atom. The van der Waals surface area contributed by atoms with E-state index in [-0.39, 0.29) is 0 Å². The van der Waals surface area contributed by atoms with E-state index in [9.17, 15) is 0 Å². The summed E-state index contributed by atoms with van der Waals surface area (Å²) >= 11 is 0. The summed E-state index contributed by atoms with van der Waals surface area (Å²) in [4.78, 5) is 0. The van der Waals surface area contributed by atoms with Gasteiger partial charge in [-0.25, -0.2) is 0 Å². The normalized spacial score (nSPS) is 14.0. The molecule has 4 heteroatoms. The quantitative estimate of drug-likeness (QED) is 0.495. The second kappa shape index (κ2) is 13.1. The molecule has 1 rings (SSSR count). The van der Waals surface area contributed by atoms with E-state index < -0.39 is 0 Å². The molecule has 13 heavy (non-hydrogen) atoms. The van der Waals surface area contributed by atoms with Crippen molar-refractivity contribution in [3.8, 4) is 0 Å². The zero-order valence-corrected chi connectivity index (χ0v) is 11.6. The van der Waals surface area contributed by atoms with Crippen LogP contribution in [0.2, 0.25) is 0 Å². The first kappa shape index (κ1) is 14.1. The lowest BCUT2D eigenvalue weighted by Gasteiger charge is -1.93. The molecule has 1 aliphatic heterocycles. The lowest BCUT2D eigenvalue weighted by molar-refractivity contribution is 1.11. The fourth-order valence-corrected chi connectivity index (χ4v) is 4.33. The van der Waals surface area contributed by atoms with Gasteiger partial charge in [0.1, 0.15) is 0 Å². The minimum absolute atomic E-state index is 1.20. The Labute approximate surface area is 98.3 Å². The van der Waals surface area contributed by atoms with Crippen LogP contribution in [0, 0.1) is 0 Å². The summed E-state index contributed by atoms with van der Waals surface area (Å²) in [6, 6.07) is 0. The standard InChI is InChI=1S/C6H14S2.C3H4S2/c1-3-5-7-8-6-4-2;1-2-4-5-3-1/h3-6H2,1-2H3;1-2H,3H2. The van der Waals surface area contributed by atoms with E-state index in [2.05, 4.69) is 25.3 Å². The number of hydrogen-bond acceptors (Lipinski definition) is 4. The molecule has 0 saturated carbocycles. The predicted molar refractivity (Wildman–Crippen MR) is 74.7 cm³/mol. The Hall–Kier alpha value is 1.14. The van der Waals surface area contributed by atoms with Crippen LogP contribution in [-0.4, -0.2) is 17.3 Å². The van der Waals surface area contributed by atoms with Crippen LogP contribution < -0.4 is 0 Å². The van der Waals surface area contributed by atoms with E-state index in [4.69, 9.17) is 0 Å². The smallest absolute Gasteiger partial charge is 0.0229 e. The Bertz CT molecular complexity index is 102. The Morgan fingerprint density at radius 2 is 1.77 bits per heavy atom. The zero-order valence-electron chi connectivity index (χ0n) is 8.32. The highest BCUT2D eigenvalue weighted by Crippen LogP contribution is 2.27. The van der Waals surface area contributed by atoms with Crippen molar-refractivity contribution < 1.29 is 0 Å². The molecule has 0 aromatic rings. The SMILES string of the molecule is C1=CSSC1.CCCSSCCC. The predicted octanol–water partition coefficient (Wildman–Crippen LogP) is 5.08. The molecule has 0 aliphatic carbocycles. The second-order valence-corrected chi connectivity index (χ2v) is 7.42. The lowest BCUT2D eigenvalue weighted by atomic mass is 10.6. The van der Waals surface area contributed by atoms with Gasteiger partial charge in [0.05, 0.1) is 0 Å². The van der Waals surface area contributed by atoms with Crippen molar-refractivity contribution in [2.45, 2.75) is 26.7 Å². The molecule has 0 aromatic heterocycles. The first-order valence-corrected chi connectivity index (χ1v) is 9.46. The van der Waals surface area contributed by atoms with E-state index in [1.54, 1.807) is 0 Å². The molecule has 0 N–H and O–H groups in total. The first-order valence-electron chi connectivity index (χ1n) is 4.59. The largest absolute Gasteiger partial charge is 0.0942 e. The highest BCUT2D eigenvalue weighted by atomic mass is 33.1. The van der Waals surface area contributed by atoms with Gasteiger partial charge < -0.3 is 0 Å². The van der Waals surface area contributed by atoms with Crippen LogP contribution in [0.5, 0.6) is 0 Å². The highest BCUT2D eigenvalue weighted by molar-refractivity contribution is 8.78. The van der Waals surface area contributed by atoms with E-state index in [0.29, 0.717) is 0 Å². The molecule has 0 fully saturated rings. The van der Waals surface area contributed by atoms with Gasteiger partial charge in [0.25, 0.3) is 0 Å². The summed E-state index contributed by atoms with van der Waals surface area (Å²) in [6.07, 6.45) is 4.78. The Balaban J connectivity index is 0.000000243. The van der Waals surface area contributed by atoms with E-state index in [0.717, 1.165) is 0 Å². The van der Waals surface area contributed by atoms with Crippen molar-refractivity contribution in [3.63, 3.8) is 0 Å². The molecule has 0 saturated heterocycles. The summed E-state index contributed by atoms with van der Waals surface area (Å²) in [5, 5.41) is 2.12. The molecular formula is C9H18S4. The molecule has 0 amide bonds. The van der Waals surface area contributed by atoms with Crippen LogP contribution in [0.1, 0.15) is 26.7 Å². The molecule has 1 heterocycles. The van der Waals surface area contributed by atoms with Crippen molar-refractivity contribution in [3.05, 3.63) is 11.5 Å². The van der Waals surface area contributed by atoms with Gasteiger partial charge in [-0.2, -0.15) is 0 Å². The Morgan fingerprint density at radius 1 is 1.15 bits per heavy atom. The van der Waals surface area contributed by atoms with Crippen LogP contribution in [0.15, 0.2) is 11.5 Å². The summed E-state index contributed by atoms with van der Waals surface area (Å²) < 4.78 is 0. The van der Waals surface area contributed by atoms with E-state index >= 15 is 0 Å². The summed E-state index contributed by atoms with van der Waals surface area (Å²) in [6.45, 7) is 4.44. The van der Waals surface area contributed by atoms with E-state index in [1.807, 2.05) is 43.2 Å². The molecule has 0 atom stereocenters. The van der Waals surface area contributed by atoms with Crippen molar-refractivity contribution in [1.82, 2.24) is 0 Å². The fourth-order valence-electron chi connectivity index (χ4n) is 0.481. The number of hydrogen-bond donors (Lipinski definition) is 0. The first-order chi connectivity index (χ1) is 6.41. The van der Waals surface area contributed by atoms with Gasteiger partial charge in [0, 0.05) is 17.3 Å². The zero-order chi connectivity index (χ0) is 9.78. The topological polar surface area (TPSA) is 0 Å². The van der Waals surface area contributed by atoms with Gasteiger partial charge in [-0.15, -0.1) is 0 Å². The van der Waals surface area contributed by atoms with Crippen molar-refractivity contribution in [1.29, 1.82) is 0 Å². The maximum atomic E-state index is 2.22. The maximum Gasteiger partial charge on any atom is 0.0229 e. The average Bonchev–Trinajstić information content (AvgIpc) is 2.70. The van der Waals surface area contributed by atoms with Gasteiger partial charge in [-0.05, 0) is 18.2 Å². The van der Waals surface area contributed by atoms with Crippen LogP contribution in [0.25, 0.3) is 0 Å². The summed E-state index contributed by atoms with van der Waals surface area (Å²) in [5.41, 5.74) is 0. The van der Waals surface area contributed by atoms with Gasteiger partial charge in [0.15, 0.2) is 0 Å². The third-order valence-electron chi connectivity index (χ3n) is 1.04. The third kappa shape index (κ3) is 13.1. The van der Waals surface area contributed by atoms with Crippen molar-refractivity contribution in [2.24, 2.45) is 0 Å². The molecule has 0 aromatic carbocycles. The minimum atomic E-state index is 1.20. The Kier molecular flexibility index (Phi) is 14.3. The third-order valence-corrected chi connectivity index (χ3v) is 5.78. The lowest BCUT2D eigenvalue weighted by Crippen LogP contribution is -1.70. The van der Waals surface area contributed by atoms with Crippen LogP contribution in [0.4, 0.5) is 0 Å². The fraction of sp³-hybridized carbons (Fsp3) is 0.778. The molecule has 0 spiro atoms. The van der Waals surface area contributed by atoms with Crippen LogP contribution in [-0.2, 0) is 0 Å². The van der Waals surface area contributed by atoms with Gasteiger partial charge >= 0.3 is 0 Å². The van der Waals surface area contributed by atoms with Crippen molar-refractivity contribution in [2.75, 3.05) is 17.3 Å². The van der Waals surface area contributed by atoms with Gasteiger partial charge in [-0.3, -0.25) is 0 Å². The molecular weight excluding hydrogens is 236 g/mol. The molecule has 0 radical (unpaired) electrons. The number of rotatable bonds is 5. The molecule has 0 bridgehead atoms. The van der Waals surface area contributed by atoms with E-state index in [1.165, 1.54) is 30.1 Å². The average molecular weight is 255 g/mol. The minimum Gasteiger partial charge on any atom is -0.0942 e. The molecule has 1 aliphatic rings. The second-order valence-electron chi connectivity index (χ2n) is 2.40. The summed E-state index contributed by atoms with van der Waals surface area (Å²) in [5.74, 6) is 3.82. The maximum absolute atomic E-state index is 2.22.